The fourth-order valence-electron chi connectivity index (χ4n) is 4.22. The first kappa shape index (κ1) is 28.8. The van der Waals surface area contributed by atoms with Gasteiger partial charge in [0.15, 0.2) is 5.75 Å². The number of nitrogens with zero attached hydrogens (tertiary/aromatic N) is 1. The van der Waals surface area contributed by atoms with E-state index in [-0.39, 0.29) is 18.1 Å². The molecule has 6 nitrogen and oxygen atoms in total. The molecule has 0 heterocycles. The van der Waals surface area contributed by atoms with Gasteiger partial charge >= 0.3 is 11.7 Å². The van der Waals surface area contributed by atoms with Gasteiger partial charge in [0.05, 0.1) is 4.92 Å². The van der Waals surface area contributed by atoms with E-state index in [9.17, 15) is 20.0 Å². The predicted molar refractivity (Wildman–Crippen MR) is 145 cm³/mol. The van der Waals surface area contributed by atoms with Crippen LogP contribution >= 0.6 is 0 Å². The van der Waals surface area contributed by atoms with E-state index in [0.29, 0.717) is 35.3 Å². The molecule has 2 rings (SSSR count). The number of hydrogen-bond acceptors (Lipinski definition) is 5. The van der Waals surface area contributed by atoms with Crippen LogP contribution in [-0.4, -0.2) is 16.0 Å². The molecule has 194 valence electrons. The Labute approximate surface area is 214 Å². The third kappa shape index (κ3) is 8.99. The Hall–Kier alpha value is -3.41. The standard InChI is InChI=1S/C30H39NO5/c1-4-7-8-9-10-11-12-13-14-17-29(32)36-28-19-18-23(15-5-2)20-26(28)25-21-24(16-6-3)30(33)27(22-25)31(34)35/h5-6,18-22,33H,2-4,7-17H2,1H3. The third-order valence-corrected chi connectivity index (χ3v) is 6.17. The van der Waals surface area contributed by atoms with Crippen molar-refractivity contribution < 1.29 is 19.6 Å². The Balaban J connectivity index is 2.15. The van der Waals surface area contributed by atoms with E-state index < -0.39 is 10.6 Å². The number of ether oxygens (including phenoxy) is 1. The van der Waals surface area contributed by atoms with E-state index in [4.69, 9.17) is 4.74 Å². The Bertz CT molecular complexity index is 1040. The minimum atomic E-state index is -0.617. The average Bonchev–Trinajstić information content (AvgIpc) is 2.85. The van der Waals surface area contributed by atoms with Crippen molar-refractivity contribution in [1.29, 1.82) is 0 Å². The van der Waals surface area contributed by atoms with Crippen molar-refractivity contribution >= 4 is 11.7 Å². The highest BCUT2D eigenvalue weighted by Gasteiger charge is 2.21. The largest absolute Gasteiger partial charge is 0.502 e. The van der Waals surface area contributed by atoms with Crippen LogP contribution in [0, 0.1) is 10.1 Å². The number of rotatable bonds is 17. The zero-order valence-corrected chi connectivity index (χ0v) is 21.5. The maximum Gasteiger partial charge on any atom is 0.311 e. The van der Waals surface area contributed by atoms with Crippen LogP contribution in [0.15, 0.2) is 55.6 Å². The molecule has 0 fully saturated rings. The molecule has 36 heavy (non-hydrogen) atoms. The van der Waals surface area contributed by atoms with Gasteiger partial charge in [0.1, 0.15) is 5.75 Å². The van der Waals surface area contributed by atoms with E-state index in [0.717, 1.165) is 24.8 Å². The molecule has 1 N–H and O–H groups in total. The third-order valence-electron chi connectivity index (χ3n) is 6.17. The van der Waals surface area contributed by atoms with E-state index in [1.54, 1.807) is 24.3 Å². The highest BCUT2D eigenvalue weighted by atomic mass is 16.6. The van der Waals surface area contributed by atoms with E-state index in [2.05, 4.69) is 20.1 Å². The zero-order valence-electron chi connectivity index (χ0n) is 21.5. The number of allylic oxidation sites excluding steroid dienone is 2. The summed E-state index contributed by atoms with van der Waals surface area (Å²) in [5.74, 6) is -0.363. The number of phenolic OH excluding ortho intramolecular Hbond substituents is 1. The van der Waals surface area contributed by atoms with Gasteiger partial charge in [-0.05, 0) is 48.6 Å². The van der Waals surface area contributed by atoms with E-state index >= 15 is 0 Å². The smallest absolute Gasteiger partial charge is 0.311 e. The lowest BCUT2D eigenvalue weighted by molar-refractivity contribution is -0.385. The number of nitro benzene ring substituents is 1. The molecule has 0 aliphatic carbocycles. The van der Waals surface area contributed by atoms with Gasteiger partial charge in [0, 0.05) is 23.6 Å². The highest BCUT2D eigenvalue weighted by Crippen LogP contribution is 2.39. The molecule has 2 aromatic carbocycles. The van der Waals surface area contributed by atoms with Gasteiger partial charge in [0.2, 0.25) is 0 Å². The number of phenols is 1. The molecule has 0 saturated heterocycles. The van der Waals surface area contributed by atoms with Crippen molar-refractivity contribution in [2.24, 2.45) is 0 Å². The average molecular weight is 494 g/mol. The van der Waals surface area contributed by atoms with Gasteiger partial charge in [-0.1, -0.05) is 76.5 Å². The second kappa shape index (κ2) is 15.6. The minimum Gasteiger partial charge on any atom is -0.502 e. The van der Waals surface area contributed by atoms with Crippen LogP contribution in [0.25, 0.3) is 11.1 Å². The van der Waals surface area contributed by atoms with Gasteiger partial charge in [-0.15, -0.1) is 13.2 Å². The summed E-state index contributed by atoms with van der Waals surface area (Å²) >= 11 is 0. The van der Waals surface area contributed by atoms with Crippen LogP contribution in [0.5, 0.6) is 11.5 Å². The molecular formula is C30H39NO5. The van der Waals surface area contributed by atoms with Gasteiger partial charge in [0.25, 0.3) is 0 Å². The molecule has 0 spiro atoms. The number of carbonyl (C=O) groups excluding carboxylic acids is 1. The first-order valence-corrected chi connectivity index (χ1v) is 13.0. The summed E-state index contributed by atoms with van der Waals surface area (Å²) < 4.78 is 5.72. The summed E-state index contributed by atoms with van der Waals surface area (Å²) in [4.78, 5) is 23.6. The summed E-state index contributed by atoms with van der Waals surface area (Å²) in [6.07, 6.45) is 15.0. The van der Waals surface area contributed by atoms with Crippen LogP contribution in [0.1, 0.15) is 82.3 Å². The Morgan fingerprint density at radius 3 is 2.22 bits per heavy atom. The van der Waals surface area contributed by atoms with Gasteiger partial charge in [-0.2, -0.15) is 0 Å². The van der Waals surface area contributed by atoms with Crippen LogP contribution in [-0.2, 0) is 17.6 Å². The van der Waals surface area contributed by atoms with Crippen molar-refractivity contribution in [3.8, 4) is 22.6 Å². The molecule has 0 radical (unpaired) electrons. The number of benzene rings is 2. The topological polar surface area (TPSA) is 89.7 Å². The highest BCUT2D eigenvalue weighted by molar-refractivity contribution is 5.80. The second-order valence-electron chi connectivity index (χ2n) is 9.13. The normalized spacial score (nSPS) is 10.7. The molecule has 0 aromatic heterocycles. The monoisotopic (exact) mass is 493 g/mol. The summed E-state index contributed by atoms with van der Waals surface area (Å²) in [5.41, 5.74) is 1.97. The molecule has 0 amide bonds. The lowest BCUT2D eigenvalue weighted by Gasteiger charge is -2.14. The molecule has 0 aliphatic heterocycles. The van der Waals surface area contributed by atoms with Gasteiger partial charge < -0.3 is 9.84 Å². The number of unbranched alkanes of at least 4 members (excludes halogenated alkanes) is 8. The van der Waals surface area contributed by atoms with E-state index in [1.807, 2.05) is 12.1 Å². The fourth-order valence-corrected chi connectivity index (χ4v) is 4.22. The SMILES string of the molecule is C=CCc1ccc(OC(=O)CCCCCCCCCCC)c(-c2cc(CC=C)c(O)c([N+](=O)[O-])c2)c1. The number of carbonyl (C=O) groups is 1. The quantitative estimate of drug-likeness (QED) is 0.0598. The van der Waals surface area contributed by atoms with Crippen LogP contribution in [0.3, 0.4) is 0 Å². The van der Waals surface area contributed by atoms with E-state index in [1.165, 1.54) is 44.6 Å². The lowest BCUT2D eigenvalue weighted by Crippen LogP contribution is -2.08. The van der Waals surface area contributed by atoms with Crippen molar-refractivity contribution in [2.45, 2.75) is 84.0 Å². The van der Waals surface area contributed by atoms with Crippen LogP contribution in [0.4, 0.5) is 5.69 Å². The summed E-state index contributed by atoms with van der Waals surface area (Å²) in [5, 5.41) is 21.9. The van der Waals surface area contributed by atoms with Crippen molar-refractivity contribution in [3.63, 3.8) is 0 Å². The molecular weight excluding hydrogens is 454 g/mol. The maximum atomic E-state index is 12.6. The number of hydrogen-bond donors (Lipinski definition) is 1. The number of esters is 1. The maximum absolute atomic E-state index is 12.6. The molecule has 0 atom stereocenters. The zero-order chi connectivity index (χ0) is 26.3. The van der Waals surface area contributed by atoms with Gasteiger partial charge in [-0.25, -0.2) is 0 Å². The molecule has 0 saturated carbocycles. The summed E-state index contributed by atoms with van der Waals surface area (Å²) in [6, 6.07) is 8.40. The fraction of sp³-hybridized carbons (Fsp3) is 0.433. The first-order chi connectivity index (χ1) is 17.4. The molecule has 2 aromatic rings. The predicted octanol–water partition coefficient (Wildman–Crippen LogP) is 8.25. The number of nitro groups is 1. The molecule has 0 bridgehead atoms. The summed E-state index contributed by atoms with van der Waals surface area (Å²) in [6.45, 7) is 9.66. The van der Waals surface area contributed by atoms with Gasteiger partial charge in [-0.3, -0.25) is 14.9 Å². The lowest BCUT2D eigenvalue weighted by atomic mass is 9.96. The van der Waals surface area contributed by atoms with Crippen LogP contribution in [0.2, 0.25) is 0 Å². The van der Waals surface area contributed by atoms with Crippen molar-refractivity contribution in [1.82, 2.24) is 0 Å². The second-order valence-corrected chi connectivity index (χ2v) is 9.13. The van der Waals surface area contributed by atoms with Crippen molar-refractivity contribution in [3.05, 3.63) is 76.9 Å². The van der Waals surface area contributed by atoms with Crippen molar-refractivity contribution in [2.75, 3.05) is 0 Å². The summed E-state index contributed by atoms with van der Waals surface area (Å²) in [7, 11) is 0. The molecule has 0 aliphatic rings. The Morgan fingerprint density at radius 1 is 0.972 bits per heavy atom. The minimum absolute atomic E-state index is 0.264. The number of aromatic hydroxyl groups is 1. The molecule has 6 heteroatoms. The Morgan fingerprint density at radius 2 is 1.61 bits per heavy atom. The molecule has 0 unspecified atom stereocenters. The first-order valence-electron chi connectivity index (χ1n) is 13.0. The Kier molecular flexibility index (Phi) is 12.5. The van der Waals surface area contributed by atoms with Crippen LogP contribution < -0.4 is 4.74 Å².